The first kappa shape index (κ1) is 25.3. The number of amides is 1. The summed E-state index contributed by atoms with van der Waals surface area (Å²) >= 11 is 0. The number of aromatic nitrogens is 1. The topological polar surface area (TPSA) is 134 Å². The van der Waals surface area contributed by atoms with Crippen molar-refractivity contribution in [3.8, 4) is 17.4 Å². The lowest BCUT2D eigenvalue weighted by Crippen LogP contribution is -2.38. The molecule has 3 aromatic rings. The lowest BCUT2D eigenvalue weighted by atomic mass is 10.1. The Morgan fingerprint density at radius 1 is 1.14 bits per heavy atom. The van der Waals surface area contributed by atoms with Gasteiger partial charge in [0, 0.05) is 49.8 Å². The Labute approximate surface area is 209 Å². The van der Waals surface area contributed by atoms with Crippen molar-refractivity contribution < 1.29 is 22.4 Å². The number of furan rings is 1. The van der Waals surface area contributed by atoms with Crippen LogP contribution in [-0.4, -0.2) is 45.1 Å². The van der Waals surface area contributed by atoms with Gasteiger partial charge in [-0.2, -0.15) is 5.26 Å². The molecule has 0 bridgehead atoms. The van der Waals surface area contributed by atoms with Gasteiger partial charge in [-0.25, -0.2) is 13.1 Å². The molecule has 9 nitrogen and oxygen atoms in total. The number of hydrogen-bond donors (Lipinski definition) is 2. The van der Waals surface area contributed by atoms with Crippen molar-refractivity contribution in [1.29, 1.82) is 5.26 Å². The van der Waals surface area contributed by atoms with Gasteiger partial charge in [0.05, 0.1) is 4.90 Å². The van der Waals surface area contributed by atoms with Crippen molar-refractivity contribution in [2.45, 2.75) is 30.2 Å². The molecule has 10 heteroatoms. The highest BCUT2D eigenvalue weighted by atomic mass is 32.2. The largest absolute Gasteiger partial charge is 0.457 e. The number of carbonyl (C=O) groups excluding carboxylic acids is 1. The van der Waals surface area contributed by atoms with Gasteiger partial charge in [-0.05, 0) is 67.3 Å². The van der Waals surface area contributed by atoms with Crippen molar-refractivity contribution in [3.05, 3.63) is 77.8 Å². The van der Waals surface area contributed by atoms with E-state index in [0.29, 0.717) is 56.1 Å². The molecule has 1 aromatic carbocycles. The number of rotatable bonds is 9. The molecule has 3 heterocycles. The molecular formula is C26H26N4O5S. The molecular weight excluding hydrogens is 480 g/mol. The minimum absolute atomic E-state index is 0.0808. The fourth-order valence-corrected chi connectivity index (χ4v) is 5.04. The van der Waals surface area contributed by atoms with Crippen LogP contribution in [0.4, 0.5) is 0 Å². The third kappa shape index (κ3) is 6.66. The summed E-state index contributed by atoms with van der Waals surface area (Å²) in [6.45, 7) is 1.45. The summed E-state index contributed by atoms with van der Waals surface area (Å²) in [4.78, 5) is 16.6. The summed E-state index contributed by atoms with van der Waals surface area (Å²) in [5.41, 5.74) is 1.57. The van der Waals surface area contributed by atoms with Crippen LogP contribution in [0, 0.1) is 11.3 Å². The zero-order valence-electron chi connectivity index (χ0n) is 19.5. The third-order valence-electron chi connectivity index (χ3n) is 5.69. The van der Waals surface area contributed by atoms with Crippen LogP contribution in [0.5, 0.6) is 0 Å². The molecule has 0 atom stereocenters. The van der Waals surface area contributed by atoms with E-state index in [-0.39, 0.29) is 16.5 Å². The van der Waals surface area contributed by atoms with E-state index in [0.717, 1.165) is 5.56 Å². The second-order valence-electron chi connectivity index (χ2n) is 8.27. The Kier molecular flexibility index (Phi) is 8.28. The first-order valence-corrected chi connectivity index (χ1v) is 13.0. The number of pyridine rings is 1. The van der Waals surface area contributed by atoms with E-state index in [2.05, 4.69) is 15.0 Å². The van der Waals surface area contributed by atoms with Gasteiger partial charge >= 0.3 is 0 Å². The number of ether oxygens (including phenoxy) is 1. The maximum absolute atomic E-state index is 12.7. The van der Waals surface area contributed by atoms with Crippen LogP contribution in [0.3, 0.4) is 0 Å². The number of hydrogen-bond acceptors (Lipinski definition) is 7. The molecule has 1 aliphatic heterocycles. The molecule has 0 unspecified atom stereocenters. The predicted octanol–water partition coefficient (Wildman–Crippen LogP) is 3.06. The zero-order chi connectivity index (χ0) is 25.4. The number of nitrogens with zero attached hydrogens (tertiary/aromatic N) is 2. The average Bonchev–Trinajstić information content (AvgIpc) is 3.37. The SMILES string of the molecule is N#C/C(=C\c1ccc(-c2ccc(S(=O)(=O)NC3CCOCC3)cc2)o1)C(=O)NCCc1cccnc1. The van der Waals surface area contributed by atoms with Gasteiger partial charge in [0.1, 0.15) is 23.2 Å². The van der Waals surface area contributed by atoms with Crippen LogP contribution >= 0.6 is 0 Å². The standard InChI is InChI=1S/C26H26N4O5S/c27-17-21(26(31)29-13-9-19-2-1-12-28-18-19)16-23-5-8-25(35-23)20-3-6-24(7-4-20)36(32,33)30-22-10-14-34-15-11-22/h1-8,12,16,18,22,30H,9-11,13-15H2,(H,29,31)/b21-16+. The van der Waals surface area contributed by atoms with Gasteiger partial charge in [-0.1, -0.05) is 6.07 Å². The highest BCUT2D eigenvalue weighted by Crippen LogP contribution is 2.25. The number of nitriles is 1. The molecule has 0 aliphatic carbocycles. The van der Waals surface area contributed by atoms with Gasteiger partial charge in [0.25, 0.3) is 5.91 Å². The molecule has 1 fully saturated rings. The number of carbonyl (C=O) groups is 1. The minimum Gasteiger partial charge on any atom is -0.457 e. The third-order valence-corrected chi connectivity index (χ3v) is 7.23. The first-order chi connectivity index (χ1) is 17.4. The van der Waals surface area contributed by atoms with E-state index in [1.807, 2.05) is 18.2 Å². The number of sulfonamides is 1. The van der Waals surface area contributed by atoms with E-state index >= 15 is 0 Å². The summed E-state index contributed by atoms with van der Waals surface area (Å²) in [5.74, 6) is 0.324. The van der Waals surface area contributed by atoms with E-state index < -0.39 is 15.9 Å². The molecule has 36 heavy (non-hydrogen) atoms. The van der Waals surface area contributed by atoms with Crippen LogP contribution < -0.4 is 10.0 Å². The molecule has 1 amide bonds. The monoisotopic (exact) mass is 506 g/mol. The van der Waals surface area contributed by atoms with E-state index in [4.69, 9.17) is 9.15 Å². The fourth-order valence-electron chi connectivity index (χ4n) is 3.74. The van der Waals surface area contributed by atoms with Crippen LogP contribution in [-0.2, 0) is 26.0 Å². The molecule has 2 N–H and O–H groups in total. The van der Waals surface area contributed by atoms with Crippen molar-refractivity contribution in [2.75, 3.05) is 19.8 Å². The maximum Gasteiger partial charge on any atom is 0.262 e. The van der Waals surface area contributed by atoms with Crippen LogP contribution in [0.15, 0.2) is 75.8 Å². The van der Waals surface area contributed by atoms with E-state index in [9.17, 15) is 18.5 Å². The molecule has 4 rings (SSSR count). The van der Waals surface area contributed by atoms with Crippen LogP contribution in [0.1, 0.15) is 24.2 Å². The zero-order valence-corrected chi connectivity index (χ0v) is 20.3. The normalized spacial score (nSPS) is 14.8. The van der Waals surface area contributed by atoms with Crippen molar-refractivity contribution in [1.82, 2.24) is 15.0 Å². The summed E-state index contributed by atoms with van der Waals surface area (Å²) in [6, 6.07) is 15.2. The van der Waals surface area contributed by atoms with Crippen LogP contribution in [0.25, 0.3) is 17.4 Å². The Bertz CT molecular complexity index is 1350. The second-order valence-corrected chi connectivity index (χ2v) is 9.99. The molecule has 0 radical (unpaired) electrons. The average molecular weight is 507 g/mol. The maximum atomic E-state index is 12.7. The molecule has 2 aromatic heterocycles. The summed E-state index contributed by atoms with van der Waals surface area (Å²) in [7, 11) is -3.64. The van der Waals surface area contributed by atoms with Crippen LogP contribution in [0.2, 0.25) is 0 Å². The lowest BCUT2D eigenvalue weighted by Gasteiger charge is -2.22. The molecule has 1 aliphatic rings. The minimum atomic E-state index is -3.64. The molecule has 0 spiro atoms. The summed E-state index contributed by atoms with van der Waals surface area (Å²) < 4.78 is 39.1. The van der Waals surface area contributed by atoms with Gasteiger partial charge in [-0.15, -0.1) is 0 Å². The van der Waals surface area contributed by atoms with E-state index in [1.54, 1.807) is 36.7 Å². The summed E-state index contributed by atoms with van der Waals surface area (Å²) in [5, 5.41) is 12.1. The summed E-state index contributed by atoms with van der Waals surface area (Å²) in [6.07, 6.45) is 6.67. The quantitative estimate of drug-likeness (QED) is 0.336. The first-order valence-electron chi connectivity index (χ1n) is 11.5. The lowest BCUT2D eigenvalue weighted by molar-refractivity contribution is -0.117. The second kappa shape index (κ2) is 11.8. The molecule has 0 saturated carbocycles. The van der Waals surface area contributed by atoms with Crippen molar-refractivity contribution >= 4 is 22.0 Å². The Morgan fingerprint density at radius 2 is 1.92 bits per heavy atom. The predicted molar refractivity (Wildman–Crippen MR) is 133 cm³/mol. The van der Waals surface area contributed by atoms with Crippen molar-refractivity contribution in [2.24, 2.45) is 0 Å². The Hall–Kier alpha value is -3.78. The van der Waals surface area contributed by atoms with Gasteiger partial charge in [0.2, 0.25) is 10.0 Å². The van der Waals surface area contributed by atoms with Gasteiger partial charge < -0.3 is 14.5 Å². The van der Waals surface area contributed by atoms with Crippen molar-refractivity contribution in [3.63, 3.8) is 0 Å². The van der Waals surface area contributed by atoms with E-state index in [1.165, 1.54) is 18.2 Å². The number of benzene rings is 1. The van der Waals surface area contributed by atoms with Gasteiger partial charge in [-0.3, -0.25) is 9.78 Å². The molecule has 186 valence electrons. The van der Waals surface area contributed by atoms with Gasteiger partial charge in [0.15, 0.2) is 0 Å². The highest BCUT2D eigenvalue weighted by molar-refractivity contribution is 7.89. The highest BCUT2D eigenvalue weighted by Gasteiger charge is 2.22. The Morgan fingerprint density at radius 3 is 2.61 bits per heavy atom. The Balaban J connectivity index is 1.38. The number of nitrogens with one attached hydrogen (secondary N) is 2. The molecule has 1 saturated heterocycles. The smallest absolute Gasteiger partial charge is 0.262 e. The fraction of sp³-hybridized carbons (Fsp3) is 0.269.